The van der Waals surface area contributed by atoms with Gasteiger partial charge < -0.3 is 13.4 Å². The zero-order valence-electron chi connectivity index (χ0n) is 44.0. The highest BCUT2D eigenvalue weighted by molar-refractivity contribution is 7.04. The van der Waals surface area contributed by atoms with E-state index in [0.717, 1.165) is 60.7 Å². The van der Waals surface area contributed by atoms with E-state index >= 15 is 0 Å². The number of hydrogen-bond acceptors (Lipinski definition) is 2. The van der Waals surface area contributed by atoms with Crippen LogP contribution in [-0.2, 0) is 12.5 Å². The van der Waals surface area contributed by atoms with E-state index in [9.17, 15) is 0 Å². The van der Waals surface area contributed by atoms with Gasteiger partial charge in [0, 0.05) is 61.4 Å². The molecule has 0 unspecified atom stereocenters. The van der Waals surface area contributed by atoms with Gasteiger partial charge in [-0.05, 0) is 135 Å². The lowest BCUT2D eigenvalue weighted by molar-refractivity contribution is 0.661. The van der Waals surface area contributed by atoms with Gasteiger partial charge in [-0.1, -0.05) is 209 Å². The number of fused-ring (bicyclic) bond motifs is 19. The molecule has 78 heavy (non-hydrogen) atoms. The summed E-state index contributed by atoms with van der Waals surface area (Å²) in [6, 6.07) is 81.1. The molecule has 1 aliphatic heterocycles. The minimum Gasteiger partial charge on any atom is -0.455 e. The molecule has 0 N–H and O–H groups in total. The Balaban J connectivity index is 0.838. The Bertz CT molecular complexity index is 5140. The zero-order valence-corrected chi connectivity index (χ0v) is 45.0. The van der Waals surface area contributed by atoms with Crippen molar-refractivity contribution in [2.45, 2.75) is 32.4 Å². The molecule has 0 atom stereocenters. The minimum atomic E-state index is -2.28. The first-order chi connectivity index (χ1) is 38.1. The summed E-state index contributed by atoms with van der Waals surface area (Å²) in [7, 11) is -0.0119. The van der Waals surface area contributed by atoms with Gasteiger partial charge in [-0.2, -0.15) is 0 Å². The van der Waals surface area contributed by atoms with Gasteiger partial charge in [0.1, 0.15) is 30.4 Å². The third-order valence-electron chi connectivity index (χ3n) is 18.4. The minimum absolute atomic E-state index is 0.233. The average Bonchev–Trinajstić information content (AvgIpc) is 3.72. The second-order valence-electron chi connectivity index (χ2n) is 23.1. The molecule has 0 spiro atoms. The van der Waals surface area contributed by atoms with Gasteiger partial charge in [0.05, 0.1) is 5.52 Å². The Hall–Kier alpha value is -9.22. The fourth-order valence-electron chi connectivity index (χ4n) is 14.6. The molecule has 1 aliphatic carbocycles. The van der Waals surface area contributed by atoms with Crippen LogP contribution in [0.25, 0.3) is 154 Å². The summed E-state index contributed by atoms with van der Waals surface area (Å²) in [5, 5.41) is 15.3. The number of benzene rings is 12. The van der Waals surface area contributed by atoms with E-state index in [2.05, 4.69) is 257 Å². The van der Waals surface area contributed by atoms with Gasteiger partial charge in [0.15, 0.2) is 0 Å². The van der Waals surface area contributed by atoms with Crippen LogP contribution in [0.3, 0.4) is 0 Å². The quantitative estimate of drug-likeness (QED) is 0.165. The number of rotatable bonds is 4. The number of nitrogens with zero attached hydrogens (tertiary/aromatic N) is 1. The van der Waals surface area contributed by atoms with Crippen LogP contribution in [0.5, 0.6) is 0 Å². The van der Waals surface area contributed by atoms with Crippen molar-refractivity contribution in [1.82, 2.24) is 4.57 Å². The van der Waals surface area contributed by atoms with Crippen molar-refractivity contribution in [3.05, 3.63) is 230 Å². The molecule has 12 aromatic carbocycles. The maximum atomic E-state index is 6.83. The molecule has 0 radical (unpaired) electrons. The highest BCUT2D eigenvalue weighted by Crippen LogP contribution is 2.54. The van der Waals surface area contributed by atoms with Crippen LogP contribution in [0.4, 0.5) is 0 Å². The summed E-state index contributed by atoms with van der Waals surface area (Å²) in [5.41, 5.74) is 23.7. The third-order valence-corrected chi connectivity index (χ3v) is 21.9. The molecular formula is C74H51NO2Si. The lowest BCUT2D eigenvalue weighted by atomic mass is 9.80. The summed E-state index contributed by atoms with van der Waals surface area (Å²) < 4.78 is 16.1. The van der Waals surface area contributed by atoms with Crippen LogP contribution in [-0.4, -0.2) is 12.6 Å². The van der Waals surface area contributed by atoms with Crippen LogP contribution >= 0.6 is 0 Å². The number of para-hydroxylation sites is 2. The molecule has 0 saturated heterocycles. The van der Waals surface area contributed by atoms with E-state index in [4.69, 9.17) is 8.83 Å². The predicted molar refractivity (Wildman–Crippen MR) is 331 cm³/mol. The average molecular weight is 1010 g/mol. The topological polar surface area (TPSA) is 31.2 Å². The second kappa shape index (κ2) is 15.5. The highest BCUT2D eigenvalue weighted by atomic mass is 28.3. The lowest BCUT2D eigenvalue weighted by Gasteiger charge is -2.23. The van der Waals surface area contributed by atoms with E-state index in [0.29, 0.717) is 0 Å². The lowest BCUT2D eigenvalue weighted by Crippen LogP contribution is -2.49. The van der Waals surface area contributed by atoms with Crippen molar-refractivity contribution in [3.8, 4) is 66.8 Å². The number of furan rings is 2. The SMILES string of the molecule is Cn1c2cc3c(cc2c2c4ccccc4c(-c4cccc5oc6c(-c7ccccc7)cccc6c45)cc21)C(C)(C)c1cc2c(cc1-3)[Si](C)(C)c1cc(-c3cccc4oc5c(-c6ccccc6)cccc5c34)c3ccccc3c1-2. The number of aromatic nitrogens is 1. The zero-order chi connectivity index (χ0) is 51.9. The molecule has 4 heterocycles. The van der Waals surface area contributed by atoms with Crippen LogP contribution in [0, 0.1) is 0 Å². The first-order valence-electron chi connectivity index (χ1n) is 27.4. The fourth-order valence-corrected chi connectivity index (χ4v) is 17.7. The largest absolute Gasteiger partial charge is 0.455 e. The summed E-state index contributed by atoms with van der Waals surface area (Å²) >= 11 is 0. The Kier molecular flexibility index (Phi) is 8.72. The second-order valence-corrected chi connectivity index (χ2v) is 27.4. The van der Waals surface area contributed by atoms with Crippen molar-refractivity contribution in [1.29, 1.82) is 0 Å². The van der Waals surface area contributed by atoms with E-state index in [1.165, 1.54) is 115 Å². The molecular weight excluding hydrogens is 963 g/mol. The van der Waals surface area contributed by atoms with Crippen LogP contribution in [0.15, 0.2) is 227 Å². The Labute approximate surface area is 452 Å². The maximum absolute atomic E-state index is 6.83. The first kappa shape index (κ1) is 44.0. The van der Waals surface area contributed by atoms with Crippen molar-refractivity contribution >= 4 is 106 Å². The summed E-state index contributed by atoms with van der Waals surface area (Å²) in [4.78, 5) is 0. The van der Waals surface area contributed by atoms with E-state index < -0.39 is 8.07 Å². The molecule has 0 fully saturated rings. The summed E-state index contributed by atoms with van der Waals surface area (Å²) in [6.45, 7) is 10.1. The summed E-state index contributed by atoms with van der Waals surface area (Å²) in [5.74, 6) is 0. The van der Waals surface area contributed by atoms with E-state index in [1.807, 2.05) is 0 Å². The molecule has 368 valence electrons. The standard InChI is InChI=1S/C74H51NO2Si/c1-74(2)60-36-58-62(75(3)63-38-54(46-24-12-14-26-48(46)68(58)63)50-30-18-34-64-69(50)52-32-16-28-44(72(52)76-64)42-20-8-6-9-21-42)39-56(60)57-41-66-59(37-61(57)74)71-49-27-15-13-25-47(49)55(40-67(71)78(66,4)5)51-31-19-35-65-70(51)53-33-17-29-45(73(53)77-65)43-22-10-7-11-23-43/h6-41H,1-5H3. The third kappa shape index (κ3) is 5.72. The molecule has 3 nitrogen and oxygen atoms in total. The molecule has 4 heteroatoms. The van der Waals surface area contributed by atoms with Gasteiger partial charge in [-0.25, -0.2) is 0 Å². The molecule has 2 aliphatic rings. The Morgan fingerprint density at radius 2 is 0.808 bits per heavy atom. The van der Waals surface area contributed by atoms with E-state index in [1.54, 1.807) is 0 Å². The maximum Gasteiger partial charge on any atom is 0.143 e. The van der Waals surface area contributed by atoms with Crippen molar-refractivity contribution in [2.24, 2.45) is 7.05 Å². The van der Waals surface area contributed by atoms with Crippen LogP contribution in [0.2, 0.25) is 13.1 Å². The van der Waals surface area contributed by atoms with Crippen LogP contribution < -0.4 is 10.4 Å². The molecule has 15 aromatic rings. The van der Waals surface area contributed by atoms with Gasteiger partial charge in [0.2, 0.25) is 0 Å². The van der Waals surface area contributed by atoms with Gasteiger partial charge in [-0.3, -0.25) is 0 Å². The van der Waals surface area contributed by atoms with Gasteiger partial charge in [0.25, 0.3) is 0 Å². The Morgan fingerprint density at radius 3 is 1.42 bits per heavy atom. The normalized spacial score (nSPS) is 14.2. The molecule has 17 rings (SSSR count). The predicted octanol–water partition coefficient (Wildman–Crippen LogP) is 19.2. The summed E-state index contributed by atoms with van der Waals surface area (Å²) in [6.07, 6.45) is 0. The van der Waals surface area contributed by atoms with Crippen molar-refractivity contribution in [2.75, 3.05) is 0 Å². The number of aryl methyl sites for hydroxylation is 1. The number of hydrogen-bond donors (Lipinski definition) is 0. The first-order valence-corrected chi connectivity index (χ1v) is 30.4. The monoisotopic (exact) mass is 1010 g/mol. The molecule has 0 saturated carbocycles. The molecule has 0 amide bonds. The Morgan fingerprint density at radius 1 is 0.346 bits per heavy atom. The van der Waals surface area contributed by atoms with E-state index in [-0.39, 0.29) is 5.41 Å². The molecule has 0 bridgehead atoms. The van der Waals surface area contributed by atoms with Gasteiger partial charge in [-0.15, -0.1) is 0 Å². The molecule has 3 aromatic heterocycles. The van der Waals surface area contributed by atoms with Gasteiger partial charge >= 0.3 is 0 Å². The smallest absolute Gasteiger partial charge is 0.143 e. The van der Waals surface area contributed by atoms with Crippen molar-refractivity contribution < 1.29 is 8.83 Å². The fraction of sp³-hybridized carbons (Fsp3) is 0.0811. The highest BCUT2D eigenvalue weighted by Gasteiger charge is 2.44. The van der Waals surface area contributed by atoms with Crippen molar-refractivity contribution in [3.63, 3.8) is 0 Å². The van der Waals surface area contributed by atoms with Crippen LogP contribution in [0.1, 0.15) is 25.0 Å².